The number of rotatable bonds is 6. The van der Waals surface area contributed by atoms with Crippen molar-refractivity contribution in [2.45, 2.75) is 64.4 Å². The summed E-state index contributed by atoms with van der Waals surface area (Å²) in [6.45, 7) is 3.68. The first-order valence-electron chi connectivity index (χ1n) is 12.6. The summed E-state index contributed by atoms with van der Waals surface area (Å²) in [7, 11) is 4.34. The van der Waals surface area contributed by atoms with Gasteiger partial charge in [0.15, 0.2) is 17.3 Å². The second-order valence-electron chi connectivity index (χ2n) is 9.78. The minimum absolute atomic E-state index is 0.153. The highest BCUT2D eigenvalue weighted by Gasteiger charge is 2.48. The molecule has 0 saturated heterocycles. The third-order valence-electron chi connectivity index (χ3n) is 7.53. The van der Waals surface area contributed by atoms with Crippen molar-refractivity contribution in [3.63, 3.8) is 0 Å². The van der Waals surface area contributed by atoms with Crippen molar-refractivity contribution >= 4 is 17.7 Å². The molecule has 0 unspecified atom stereocenters. The zero-order valence-corrected chi connectivity index (χ0v) is 21.6. The van der Waals surface area contributed by atoms with E-state index >= 15 is 0 Å². The second-order valence-corrected chi connectivity index (χ2v) is 9.78. The summed E-state index contributed by atoms with van der Waals surface area (Å²) in [4.78, 5) is 40.3. The van der Waals surface area contributed by atoms with Crippen LogP contribution in [0.2, 0.25) is 0 Å². The first-order chi connectivity index (χ1) is 17.3. The fourth-order valence-corrected chi connectivity index (χ4v) is 5.80. The molecule has 1 aromatic carbocycles. The minimum Gasteiger partial charge on any atom is -0.493 e. The maximum Gasteiger partial charge on any atom is 0.337 e. The van der Waals surface area contributed by atoms with Gasteiger partial charge in [0, 0.05) is 22.5 Å². The van der Waals surface area contributed by atoms with Crippen molar-refractivity contribution in [2.24, 2.45) is 11.8 Å². The van der Waals surface area contributed by atoms with E-state index in [1.807, 2.05) is 19.9 Å². The van der Waals surface area contributed by atoms with E-state index in [9.17, 15) is 14.4 Å². The van der Waals surface area contributed by atoms with Crippen molar-refractivity contribution in [1.82, 2.24) is 5.32 Å². The molecule has 0 aromatic heterocycles. The molecule has 1 aliphatic heterocycles. The number of ketones is 1. The van der Waals surface area contributed by atoms with Gasteiger partial charge in [-0.05, 0) is 51.0 Å². The Hall–Kier alpha value is -3.29. The Kier molecular flexibility index (Phi) is 7.71. The van der Waals surface area contributed by atoms with Gasteiger partial charge in [0.1, 0.15) is 12.0 Å². The smallest absolute Gasteiger partial charge is 0.337 e. The lowest BCUT2D eigenvalue weighted by atomic mass is 9.69. The van der Waals surface area contributed by atoms with Crippen LogP contribution in [0, 0.1) is 11.8 Å². The van der Waals surface area contributed by atoms with E-state index in [-0.39, 0.29) is 17.8 Å². The van der Waals surface area contributed by atoms with Crippen molar-refractivity contribution in [3.05, 3.63) is 46.3 Å². The van der Waals surface area contributed by atoms with Crippen LogP contribution in [-0.4, -0.2) is 45.2 Å². The average molecular weight is 498 g/mol. The number of benzene rings is 1. The number of esters is 2. The summed E-state index contributed by atoms with van der Waals surface area (Å²) in [5.74, 6) is -2.48. The van der Waals surface area contributed by atoms with Crippen LogP contribution in [0.25, 0.3) is 0 Å². The Balaban J connectivity index is 1.86. The molecule has 1 N–H and O–H groups in total. The molecule has 1 saturated carbocycles. The van der Waals surface area contributed by atoms with E-state index in [1.54, 1.807) is 12.1 Å². The molecule has 0 bridgehead atoms. The number of dihydropyridines is 1. The van der Waals surface area contributed by atoms with Gasteiger partial charge in [-0.2, -0.15) is 0 Å². The van der Waals surface area contributed by atoms with Crippen LogP contribution in [0.1, 0.15) is 63.9 Å². The van der Waals surface area contributed by atoms with E-state index in [0.717, 1.165) is 32.1 Å². The fraction of sp³-hybridized carbons (Fsp3) is 0.536. The molecule has 1 fully saturated rings. The lowest BCUT2D eigenvalue weighted by molar-refractivity contribution is -0.151. The van der Waals surface area contributed by atoms with Crippen LogP contribution in [0.4, 0.5) is 0 Å². The molecule has 3 atom stereocenters. The molecule has 8 heteroatoms. The topological polar surface area (TPSA) is 100 Å². The maximum absolute atomic E-state index is 13.9. The van der Waals surface area contributed by atoms with E-state index < -0.39 is 23.8 Å². The van der Waals surface area contributed by atoms with Crippen LogP contribution >= 0.6 is 0 Å². The lowest BCUT2D eigenvalue weighted by Gasteiger charge is -2.39. The first-order valence-corrected chi connectivity index (χ1v) is 12.6. The minimum atomic E-state index is -0.955. The second kappa shape index (κ2) is 10.8. The number of nitrogens with one attached hydrogen (secondary N) is 1. The van der Waals surface area contributed by atoms with Gasteiger partial charge in [-0.25, -0.2) is 4.79 Å². The van der Waals surface area contributed by atoms with Crippen molar-refractivity contribution in [2.75, 3.05) is 21.3 Å². The van der Waals surface area contributed by atoms with Gasteiger partial charge < -0.3 is 24.3 Å². The van der Waals surface area contributed by atoms with Gasteiger partial charge in [0.25, 0.3) is 0 Å². The van der Waals surface area contributed by atoms with Crippen molar-refractivity contribution < 1.29 is 33.3 Å². The molecule has 0 spiro atoms. The normalized spacial score (nSPS) is 24.6. The zero-order chi connectivity index (χ0) is 26.0. The van der Waals surface area contributed by atoms with Gasteiger partial charge in [0.2, 0.25) is 0 Å². The highest BCUT2D eigenvalue weighted by molar-refractivity contribution is 6.12. The summed E-state index contributed by atoms with van der Waals surface area (Å²) in [6, 6.07) is 5.38. The predicted octanol–water partition coefficient (Wildman–Crippen LogP) is 4.19. The van der Waals surface area contributed by atoms with Gasteiger partial charge in [-0.15, -0.1) is 0 Å². The molecule has 0 amide bonds. The predicted molar refractivity (Wildman–Crippen MR) is 132 cm³/mol. The molecule has 3 aliphatic rings. The zero-order valence-electron chi connectivity index (χ0n) is 21.6. The van der Waals surface area contributed by atoms with Crippen LogP contribution < -0.4 is 14.8 Å². The molecule has 1 heterocycles. The monoisotopic (exact) mass is 497 g/mol. The Morgan fingerprint density at radius 2 is 1.75 bits per heavy atom. The SMILES string of the molecule is COC(=O)[C@H]1C(=O)C2=C(C[C@H]1C)NC(C)=C(C(=O)OC1CCCCC1)[C@@H]2c1cccc(OC)c1OC. The van der Waals surface area contributed by atoms with Crippen LogP contribution in [0.3, 0.4) is 0 Å². The fourth-order valence-electron chi connectivity index (χ4n) is 5.80. The largest absolute Gasteiger partial charge is 0.493 e. The van der Waals surface area contributed by atoms with Crippen LogP contribution in [0.15, 0.2) is 40.7 Å². The third kappa shape index (κ3) is 4.61. The number of ether oxygens (including phenoxy) is 4. The average Bonchev–Trinajstić information content (AvgIpc) is 2.87. The van der Waals surface area contributed by atoms with Gasteiger partial charge in [-0.1, -0.05) is 25.5 Å². The number of hydrogen-bond donors (Lipinski definition) is 1. The third-order valence-corrected chi connectivity index (χ3v) is 7.53. The Morgan fingerprint density at radius 1 is 1.03 bits per heavy atom. The van der Waals surface area contributed by atoms with Gasteiger partial charge >= 0.3 is 11.9 Å². The van der Waals surface area contributed by atoms with E-state index in [4.69, 9.17) is 18.9 Å². The van der Waals surface area contributed by atoms with Crippen LogP contribution in [-0.2, 0) is 23.9 Å². The number of carbonyl (C=O) groups is 3. The van der Waals surface area contributed by atoms with E-state index in [0.29, 0.717) is 46.0 Å². The Labute approximate surface area is 212 Å². The molecule has 2 aliphatic carbocycles. The molecule has 1 aromatic rings. The number of allylic oxidation sites excluding steroid dienone is 3. The van der Waals surface area contributed by atoms with Gasteiger partial charge in [0.05, 0.1) is 32.8 Å². The standard InChI is InChI=1S/C28H35NO7/c1-15-14-19-24(25(30)21(15)27(31)35-5)23(18-12-9-13-20(33-3)26(18)34-4)22(16(2)29-19)28(32)36-17-10-7-6-8-11-17/h9,12-13,15,17,21,23,29H,6-8,10-11,14H2,1-5H3/t15-,21-,23+/m1/s1. The molecule has 4 rings (SSSR count). The molecule has 0 radical (unpaired) electrons. The Bertz CT molecular complexity index is 1110. The van der Waals surface area contributed by atoms with E-state index in [2.05, 4.69) is 5.32 Å². The quantitative estimate of drug-likeness (QED) is 0.461. The van der Waals surface area contributed by atoms with Crippen molar-refractivity contribution in [3.8, 4) is 11.5 Å². The van der Waals surface area contributed by atoms with Gasteiger partial charge in [-0.3, -0.25) is 9.59 Å². The lowest BCUT2D eigenvalue weighted by Crippen LogP contribution is -2.43. The summed E-state index contributed by atoms with van der Waals surface area (Å²) >= 11 is 0. The highest BCUT2D eigenvalue weighted by atomic mass is 16.5. The van der Waals surface area contributed by atoms with Crippen LogP contribution in [0.5, 0.6) is 11.5 Å². The van der Waals surface area contributed by atoms with E-state index in [1.165, 1.54) is 21.3 Å². The molecule has 36 heavy (non-hydrogen) atoms. The number of methoxy groups -OCH3 is 3. The summed E-state index contributed by atoms with van der Waals surface area (Å²) < 4.78 is 22.2. The molecule has 194 valence electrons. The number of Topliss-reactive ketones (excluding diaryl/α,β-unsaturated/α-hetero) is 1. The Morgan fingerprint density at radius 3 is 2.39 bits per heavy atom. The number of hydrogen-bond acceptors (Lipinski definition) is 8. The maximum atomic E-state index is 13.9. The first kappa shape index (κ1) is 25.8. The number of para-hydroxylation sites is 1. The molecular formula is C28H35NO7. The molecule has 8 nitrogen and oxygen atoms in total. The summed E-state index contributed by atoms with van der Waals surface area (Å²) in [5.41, 5.74) is 2.65. The van der Waals surface area contributed by atoms with Crippen molar-refractivity contribution in [1.29, 1.82) is 0 Å². The highest BCUT2D eigenvalue weighted by Crippen LogP contribution is 2.49. The summed E-state index contributed by atoms with van der Waals surface area (Å²) in [5, 5.41) is 3.30. The summed E-state index contributed by atoms with van der Waals surface area (Å²) in [6.07, 6.45) is 5.15. The number of carbonyl (C=O) groups excluding carboxylic acids is 3. The molecular weight excluding hydrogens is 462 g/mol.